The van der Waals surface area contributed by atoms with Gasteiger partial charge in [0, 0.05) is 12.6 Å². The Morgan fingerprint density at radius 1 is 1.12 bits per heavy atom. The Hall–Kier alpha value is -3.02. The van der Waals surface area contributed by atoms with Crippen LogP contribution in [0.5, 0.6) is 11.5 Å². The molecule has 0 aliphatic carbocycles. The maximum Gasteiger partial charge on any atom is 0.262 e. The molecular weight excluding hydrogens is 308 g/mol. The number of benzene rings is 2. The minimum absolute atomic E-state index is 0.142. The fourth-order valence-corrected chi connectivity index (χ4v) is 2.13. The molecule has 0 atom stereocenters. The van der Waals surface area contributed by atoms with Gasteiger partial charge in [0.25, 0.3) is 11.8 Å². The van der Waals surface area contributed by atoms with Crippen molar-refractivity contribution in [1.29, 1.82) is 0 Å². The van der Waals surface area contributed by atoms with Crippen molar-refractivity contribution >= 4 is 17.5 Å². The van der Waals surface area contributed by atoms with Gasteiger partial charge in [-0.25, -0.2) is 0 Å². The highest BCUT2D eigenvalue weighted by molar-refractivity contribution is 5.98. The highest BCUT2D eigenvalue weighted by Gasteiger charge is 2.12. The third-order valence-corrected chi connectivity index (χ3v) is 3.32. The first-order chi connectivity index (χ1) is 11.5. The summed E-state index contributed by atoms with van der Waals surface area (Å²) in [5.74, 6) is 0.496. The molecule has 0 fully saturated rings. The fourth-order valence-electron chi connectivity index (χ4n) is 2.13. The molecule has 0 aromatic heterocycles. The standard InChI is InChI=1S/C18H20N2O4/c1-12-5-4-6-14(9-12)24-11-17(21)20-15-10-13(18(22)19-2)7-8-16(15)23-3/h4-10H,11H2,1-3H3,(H,19,22)(H,20,21). The van der Waals surface area contributed by atoms with Crippen LogP contribution in [0.4, 0.5) is 5.69 Å². The van der Waals surface area contributed by atoms with Crippen LogP contribution in [0.25, 0.3) is 0 Å². The lowest BCUT2D eigenvalue weighted by Gasteiger charge is -2.12. The van der Waals surface area contributed by atoms with E-state index in [1.807, 2.05) is 25.1 Å². The topological polar surface area (TPSA) is 76.7 Å². The second-order valence-electron chi connectivity index (χ2n) is 5.15. The molecule has 24 heavy (non-hydrogen) atoms. The van der Waals surface area contributed by atoms with Crippen LogP contribution < -0.4 is 20.1 Å². The van der Waals surface area contributed by atoms with Gasteiger partial charge in [-0.05, 0) is 42.8 Å². The van der Waals surface area contributed by atoms with Gasteiger partial charge in [0.05, 0.1) is 12.8 Å². The normalized spacial score (nSPS) is 9.96. The molecule has 2 N–H and O–H groups in total. The summed E-state index contributed by atoms with van der Waals surface area (Å²) in [6.07, 6.45) is 0. The molecule has 0 bridgehead atoms. The maximum absolute atomic E-state index is 12.1. The molecule has 126 valence electrons. The average molecular weight is 328 g/mol. The zero-order chi connectivity index (χ0) is 17.5. The number of carbonyl (C=O) groups excluding carboxylic acids is 2. The van der Waals surface area contributed by atoms with Crippen LogP contribution in [0.2, 0.25) is 0 Å². The van der Waals surface area contributed by atoms with E-state index in [0.29, 0.717) is 22.7 Å². The zero-order valence-corrected chi connectivity index (χ0v) is 13.9. The Morgan fingerprint density at radius 3 is 2.58 bits per heavy atom. The number of methoxy groups -OCH3 is 1. The first-order valence-electron chi connectivity index (χ1n) is 7.43. The summed E-state index contributed by atoms with van der Waals surface area (Å²) in [5.41, 5.74) is 1.89. The van der Waals surface area contributed by atoms with Crippen molar-refractivity contribution in [1.82, 2.24) is 5.32 Å². The predicted molar refractivity (Wildman–Crippen MR) is 91.7 cm³/mol. The number of hydrogen-bond acceptors (Lipinski definition) is 4. The van der Waals surface area contributed by atoms with Crippen LogP contribution in [0.3, 0.4) is 0 Å². The summed E-state index contributed by atoms with van der Waals surface area (Å²) < 4.78 is 10.7. The molecule has 0 saturated heterocycles. The molecule has 2 rings (SSSR count). The molecule has 0 saturated carbocycles. The van der Waals surface area contributed by atoms with Crippen molar-refractivity contribution in [3.8, 4) is 11.5 Å². The molecule has 2 amide bonds. The number of amides is 2. The Kier molecular flexibility index (Phi) is 5.78. The van der Waals surface area contributed by atoms with E-state index in [9.17, 15) is 9.59 Å². The maximum atomic E-state index is 12.1. The number of carbonyl (C=O) groups is 2. The summed E-state index contributed by atoms with van der Waals surface area (Å²) in [6, 6.07) is 12.2. The zero-order valence-electron chi connectivity index (χ0n) is 13.9. The Morgan fingerprint density at radius 2 is 1.92 bits per heavy atom. The summed E-state index contributed by atoms with van der Waals surface area (Å²) in [6.45, 7) is 1.80. The van der Waals surface area contributed by atoms with E-state index in [1.54, 1.807) is 31.3 Å². The summed E-state index contributed by atoms with van der Waals surface area (Å²) in [4.78, 5) is 23.8. The number of ether oxygens (including phenoxy) is 2. The minimum Gasteiger partial charge on any atom is -0.495 e. The molecule has 2 aromatic carbocycles. The highest BCUT2D eigenvalue weighted by atomic mass is 16.5. The van der Waals surface area contributed by atoms with E-state index in [-0.39, 0.29) is 18.4 Å². The fraction of sp³-hybridized carbons (Fsp3) is 0.222. The van der Waals surface area contributed by atoms with Crippen molar-refractivity contribution in [2.24, 2.45) is 0 Å². The highest BCUT2D eigenvalue weighted by Crippen LogP contribution is 2.25. The lowest BCUT2D eigenvalue weighted by molar-refractivity contribution is -0.118. The third kappa shape index (κ3) is 4.49. The lowest BCUT2D eigenvalue weighted by Crippen LogP contribution is -2.22. The van der Waals surface area contributed by atoms with Crippen molar-refractivity contribution in [3.05, 3.63) is 53.6 Å². The van der Waals surface area contributed by atoms with Crippen LogP contribution in [-0.2, 0) is 4.79 Å². The van der Waals surface area contributed by atoms with Crippen LogP contribution in [0.1, 0.15) is 15.9 Å². The summed E-state index contributed by atoms with van der Waals surface area (Å²) in [5, 5.41) is 5.23. The van der Waals surface area contributed by atoms with Gasteiger partial charge < -0.3 is 20.1 Å². The molecule has 0 aliphatic rings. The van der Waals surface area contributed by atoms with Gasteiger partial charge in [-0.2, -0.15) is 0 Å². The minimum atomic E-state index is -0.344. The smallest absolute Gasteiger partial charge is 0.262 e. The molecule has 0 radical (unpaired) electrons. The van der Waals surface area contributed by atoms with Crippen LogP contribution in [0.15, 0.2) is 42.5 Å². The Balaban J connectivity index is 2.05. The second-order valence-corrected chi connectivity index (χ2v) is 5.15. The number of hydrogen-bond donors (Lipinski definition) is 2. The molecule has 0 heterocycles. The van der Waals surface area contributed by atoms with Crippen molar-refractivity contribution in [3.63, 3.8) is 0 Å². The first-order valence-corrected chi connectivity index (χ1v) is 7.43. The van der Waals surface area contributed by atoms with E-state index in [1.165, 1.54) is 7.11 Å². The lowest BCUT2D eigenvalue weighted by atomic mass is 10.1. The van der Waals surface area contributed by atoms with Crippen molar-refractivity contribution in [2.45, 2.75) is 6.92 Å². The summed E-state index contributed by atoms with van der Waals surface area (Å²) >= 11 is 0. The van der Waals surface area contributed by atoms with Gasteiger partial charge in [0.1, 0.15) is 11.5 Å². The van der Waals surface area contributed by atoms with Gasteiger partial charge in [0.15, 0.2) is 6.61 Å². The number of nitrogens with one attached hydrogen (secondary N) is 2. The molecule has 6 heteroatoms. The van der Waals surface area contributed by atoms with E-state index in [4.69, 9.17) is 9.47 Å². The molecule has 0 aliphatic heterocycles. The first kappa shape index (κ1) is 17.3. The van der Waals surface area contributed by atoms with Crippen LogP contribution >= 0.6 is 0 Å². The van der Waals surface area contributed by atoms with Gasteiger partial charge in [-0.15, -0.1) is 0 Å². The molecule has 0 unspecified atom stereocenters. The van der Waals surface area contributed by atoms with Gasteiger partial charge >= 0.3 is 0 Å². The quantitative estimate of drug-likeness (QED) is 0.853. The van der Waals surface area contributed by atoms with E-state index in [2.05, 4.69) is 10.6 Å². The number of anilines is 1. The second kappa shape index (κ2) is 8.01. The molecule has 6 nitrogen and oxygen atoms in total. The SMILES string of the molecule is CNC(=O)c1ccc(OC)c(NC(=O)COc2cccc(C)c2)c1. The van der Waals surface area contributed by atoms with E-state index in [0.717, 1.165) is 5.56 Å². The number of aryl methyl sites for hydroxylation is 1. The summed E-state index contributed by atoms with van der Waals surface area (Å²) in [7, 11) is 3.04. The molecular formula is C18H20N2O4. The average Bonchev–Trinajstić information content (AvgIpc) is 2.59. The largest absolute Gasteiger partial charge is 0.495 e. The van der Waals surface area contributed by atoms with Crippen LogP contribution in [0, 0.1) is 6.92 Å². The van der Waals surface area contributed by atoms with Crippen LogP contribution in [-0.4, -0.2) is 32.6 Å². The third-order valence-electron chi connectivity index (χ3n) is 3.32. The monoisotopic (exact) mass is 328 g/mol. The van der Waals surface area contributed by atoms with E-state index < -0.39 is 0 Å². The van der Waals surface area contributed by atoms with Crippen molar-refractivity contribution < 1.29 is 19.1 Å². The van der Waals surface area contributed by atoms with Crippen molar-refractivity contribution in [2.75, 3.05) is 26.1 Å². The number of rotatable bonds is 6. The van der Waals surface area contributed by atoms with Gasteiger partial charge in [-0.1, -0.05) is 12.1 Å². The van der Waals surface area contributed by atoms with E-state index >= 15 is 0 Å². The van der Waals surface area contributed by atoms with Gasteiger partial charge in [-0.3, -0.25) is 9.59 Å². The Bertz CT molecular complexity index is 744. The molecule has 2 aromatic rings. The predicted octanol–water partition coefficient (Wildman–Crippen LogP) is 2.38. The Labute approximate surface area is 140 Å². The van der Waals surface area contributed by atoms with Gasteiger partial charge in [0.2, 0.25) is 0 Å². The molecule has 0 spiro atoms.